The fourth-order valence-corrected chi connectivity index (χ4v) is 3.57. The number of nitrogens with zero attached hydrogens (tertiary/aromatic N) is 1. The van der Waals surface area contributed by atoms with Gasteiger partial charge in [0.2, 0.25) is 5.91 Å². The summed E-state index contributed by atoms with van der Waals surface area (Å²) in [5.74, 6) is 1.27. The third-order valence-corrected chi connectivity index (χ3v) is 5.30. The molecule has 0 saturated carbocycles. The van der Waals surface area contributed by atoms with Gasteiger partial charge in [0.1, 0.15) is 11.6 Å². The number of hydrogen-bond donors (Lipinski definition) is 0. The normalized spacial score (nSPS) is 10.6. The Hall–Kier alpha value is -1.72. The lowest BCUT2D eigenvalue weighted by atomic mass is 10.2. The maximum Gasteiger partial charge on any atom is 0.222 e. The van der Waals surface area contributed by atoms with E-state index in [0.717, 1.165) is 28.4 Å². The summed E-state index contributed by atoms with van der Waals surface area (Å²) in [5.41, 5.74) is 0.980. The van der Waals surface area contributed by atoms with Crippen LogP contribution in [0.5, 0.6) is 5.75 Å². The molecule has 0 atom stereocenters. The number of para-hydroxylation sites is 1. The van der Waals surface area contributed by atoms with Crippen molar-refractivity contribution >= 4 is 29.3 Å². The summed E-state index contributed by atoms with van der Waals surface area (Å²) in [6.45, 7) is 0.514. The van der Waals surface area contributed by atoms with Gasteiger partial charge in [0, 0.05) is 30.5 Å². The molecule has 0 spiro atoms. The average Bonchev–Trinajstić information content (AvgIpc) is 2.60. The predicted octanol–water partition coefficient (Wildman–Crippen LogP) is 5.02. The molecule has 0 heterocycles. The minimum absolute atomic E-state index is 0.0803. The van der Waals surface area contributed by atoms with Crippen LogP contribution in [0.25, 0.3) is 0 Å². The number of thioether (sulfide) groups is 1. The summed E-state index contributed by atoms with van der Waals surface area (Å²) in [5, 5.41) is 0.407. The number of carbonyl (C=O) groups excluding carboxylic acids is 1. The van der Waals surface area contributed by atoms with Crippen molar-refractivity contribution < 1.29 is 13.9 Å². The first-order valence-electron chi connectivity index (χ1n) is 7.95. The first kappa shape index (κ1) is 19.6. The number of halogens is 2. The van der Waals surface area contributed by atoms with Gasteiger partial charge >= 0.3 is 0 Å². The molecule has 6 heteroatoms. The average molecular weight is 382 g/mol. The molecule has 0 aliphatic rings. The molecule has 2 rings (SSSR count). The van der Waals surface area contributed by atoms with Crippen LogP contribution in [-0.2, 0) is 11.3 Å². The molecule has 0 aromatic heterocycles. The van der Waals surface area contributed by atoms with E-state index in [0.29, 0.717) is 18.0 Å². The quantitative estimate of drug-likeness (QED) is 0.475. The maximum atomic E-state index is 13.0. The van der Waals surface area contributed by atoms with E-state index in [2.05, 4.69) is 0 Å². The van der Waals surface area contributed by atoms with E-state index in [1.165, 1.54) is 23.9 Å². The largest absolute Gasteiger partial charge is 0.496 e. The number of amides is 1. The van der Waals surface area contributed by atoms with Gasteiger partial charge < -0.3 is 9.64 Å². The third-order valence-electron chi connectivity index (χ3n) is 3.71. The number of ether oxygens (including phenoxy) is 1. The van der Waals surface area contributed by atoms with Crippen LogP contribution in [0, 0.1) is 5.82 Å². The van der Waals surface area contributed by atoms with Crippen LogP contribution in [0.15, 0.2) is 47.4 Å². The Bertz CT molecular complexity index is 726. The van der Waals surface area contributed by atoms with Gasteiger partial charge in [-0.2, -0.15) is 0 Å². The fraction of sp³-hybridized carbons (Fsp3) is 0.316. The molecule has 0 aliphatic heterocycles. The highest BCUT2D eigenvalue weighted by Crippen LogP contribution is 2.28. The van der Waals surface area contributed by atoms with Crippen molar-refractivity contribution in [3.8, 4) is 5.75 Å². The second-order valence-electron chi connectivity index (χ2n) is 5.59. The molecule has 0 saturated heterocycles. The number of rotatable bonds is 8. The Morgan fingerprint density at radius 2 is 2.04 bits per heavy atom. The van der Waals surface area contributed by atoms with E-state index >= 15 is 0 Å². The Balaban J connectivity index is 1.77. The van der Waals surface area contributed by atoms with Crippen LogP contribution in [0.2, 0.25) is 5.02 Å². The van der Waals surface area contributed by atoms with Crippen molar-refractivity contribution in [1.29, 1.82) is 0 Å². The highest BCUT2D eigenvalue weighted by Gasteiger charge is 2.12. The van der Waals surface area contributed by atoms with Gasteiger partial charge in [0.15, 0.2) is 0 Å². The van der Waals surface area contributed by atoms with Crippen molar-refractivity contribution in [2.24, 2.45) is 0 Å². The molecular formula is C19H21ClFNO2S. The van der Waals surface area contributed by atoms with Crippen molar-refractivity contribution in [1.82, 2.24) is 4.90 Å². The van der Waals surface area contributed by atoms with Crippen molar-refractivity contribution in [3.05, 3.63) is 58.9 Å². The molecule has 0 N–H and O–H groups in total. The lowest BCUT2D eigenvalue weighted by Crippen LogP contribution is -2.26. The second kappa shape index (κ2) is 9.68. The van der Waals surface area contributed by atoms with Crippen LogP contribution >= 0.6 is 23.4 Å². The molecule has 134 valence electrons. The maximum absolute atomic E-state index is 13.0. The molecule has 0 bridgehead atoms. The Kier molecular flexibility index (Phi) is 7.59. The number of methoxy groups -OCH3 is 1. The van der Waals surface area contributed by atoms with Crippen LogP contribution in [-0.4, -0.2) is 30.7 Å². The summed E-state index contributed by atoms with van der Waals surface area (Å²) in [6.07, 6.45) is 1.19. The highest BCUT2D eigenvalue weighted by atomic mass is 35.5. The topological polar surface area (TPSA) is 29.5 Å². The lowest BCUT2D eigenvalue weighted by molar-refractivity contribution is -0.130. The van der Waals surface area contributed by atoms with Gasteiger partial charge in [0.05, 0.1) is 12.1 Å². The lowest BCUT2D eigenvalue weighted by Gasteiger charge is -2.18. The van der Waals surface area contributed by atoms with Gasteiger partial charge in [-0.25, -0.2) is 4.39 Å². The van der Waals surface area contributed by atoms with Crippen LogP contribution in [0.1, 0.15) is 18.4 Å². The van der Waals surface area contributed by atoms with Gasteiger partial charge in [-0.05, 0) is 36.4 Å². The molecule has 0 radical (unpaired) electrons. The van der Waals surface area contributed by atoms with E-state index in [4.69, 9.17) is 16.3 Å². The van der Waals surface area contributed by atoms with Crippen LogP contribution in [0.3, 0.4) is 0 Å². The zero-order valence-corrected chi connectivity index (χ0v) is 15.9. The van der Waals surface area contributed by atoms with E-state index in [1.807, 2.05) is 24.3 Å². The number of carbonyl (C=O) groups is 1. The Morgan fingerprint density at radius 1 is 1.28 bits per heavy atom. The zero-order valence-electron chi connectivity index (χ0n) is 14.3. The van der Waals surface area contributed by atoms with Gasteiger partial charge in [-0.15, -0.1) is 11.8 Å². The number of hydrogen-bond acceptors (Lipinski definition) is 3. The first-order valence-corrected chi connectivity index (χ1v) is 9.31. The van der Waals surface area contributed by atoms with Crippen molar-refractivity contribution in [2.45, 2.75) is 24.3 Å². The molecular weight excluding hydrogens is 361 g/mol. The van der Waals surface area contributed by atoms with Crippen molar-refractivity contribution in [3.63, 3.8) is 0 Å². The van der Waals surface area contributed by atoms with Gasteiger partial charge in [-0.1, -0.05) is 29.8 Å². The Labute approximate surface area is 157 Å². The van der Waals surface area contributed by atoms with Crippen LogP contribution in [0.4, 0.5) is 4.39 Å². The van der Waals surface area contributed by atoms with E-state index in [-0.39, 0.29) is 11.7 Å². The first-order chi connectivity index (χ1) is 12.0. The zero-order chi connectivity index (χ0) is 18.2. The summed E-state index contributed by atoms with van der Waals surface area (Å²) < 4.78 is 18.3. The molecule has 2 aromatic rings. The van der Waals surface area contributed by atoms with Crippen molar-refractivity contribution in [2.75, 3.05) is 19.9 Å². The summed E-state index contributed by atoms with van der Waals surface area (Å²) in [7, 11) is 3.41. The molecule has 0 unspecified atom stereocenters. The van der Waals surface area contributed by atoms with E-state index in [9.17, 15) is 9.18 Å². The van der Waals surface area contributed by atoms with E-state index < -0.39 is 0 Å². The SMILES string of the molecule is COc1ccccc1CN(C)C(=O)CCCSc1ccc(F)cc1Cl. The molecule has 0 fully saturated rings. The Morgan fingerprint density at radius 3 is 2.76 bits per heavy atom. The molecule has 1 amide bonds. The highest BCUT2D eigenvalue weighted by molar-refractivity contribution is 7.99. The smallest absolute Gasteiger partial charge is 0.222 e. The monoisotopic (exact) mass is 381 g/mol. The summed E-state index contributed by atoms with van der Waals surface area (Å²) in [4.78, 5) is 14.8. The minimum atomic E-state index is -0.345. The molecule has 0 aliphatic carbocycles. The second-order valence-corrected chi connectivity index (χ2v) is 7.13. The summed E-state index contributed by atoms with van der Waals surface area (Å²) in [6, 6.07) is 12.0. The molecule has 25 heavy (non-hydrogen) atoms. The number of benzene rings is 2. The predicted molar refractivity (Wildman–Crippen MR) is 101 cm³/mol. The molecule has 2 aromatic carbocycles. The minimum Gasteiger partial charge on any atom is -0.496 e. The van der Waals surface area contributed by atoms with Gasteiger partial charge in [-0.3, -0.25) is 4.79 Å². The fourth-order valence-electron chi connectivity index (χ4n) is 2.37. The van der Waals surface area contributed by atoms with E-state index in [1.54, 1.807) is 25.1 Å². The standard InChI is InChI=1S/C19H21ClFNO2S/c1-22(13-14-6-3-4-7-17(14)24-2)19(23)8-5-11-25-18-10-9-15(21)12-16(18)20/h3-4,6-7,9-10,12H,5,8,11,13H2,1-2H3. The van der Waals surface area contributed by atoms with Crippen LogP contribution < -0.4 is 4.74 Å². The summed E-state index contributed by atoms with van der Waals surface area (Å²) >= 11 is 7.52. The van der Waals surface area contributed by atoms with Gasteiger partial charge in [0.25, 0.3) is 0 Å². The molecule has 3 nitrogen and oxygen atoms in total. The third kappa shape index (κ3) is 5.94.